The van der Waals surface area contributed by atoms with E-state index in [4.69, 9.17) is 14.6 Å². The van der Waals surface area contributed by atoms with Crippen molar-refractivity contribution in [2.24, 2.45) is 0 Å². The minimum absolute atomic E-state index is 0.113. The molecule has 0 saturated carbocycles. The van der Waals surface area contributed by atoms with Crippen molar-refractivity contribution in [2.45, 2.75) is 31.8 Å². The quantitative estimate of drug-likeness (QED) is 0.139. The lowest BCUT2D eigenvalue weighted by Crippen LogP contribution is -2.36. The highest BCUT2D eigenvalue weighted by Gasteiger charge is 2.33. The molecule has 0 saturated heterocycles. The van der Waals surface area contributed by atoms with E-state index in [9.17, 15) is 29.4 Å². The second kappa shape index (κ2) is 13.0. The Hall–Kier alpha value is -5.84. The number of carboxylic acid groups (broad SMARTS) is 3. The van der Waals surface area contributed by atoms with Crippen molar-refractivity contribution in [1.29, 1.82) is 0 Å². The monoisotopic (exact) mass is 597 g/mol. The highest BCUT2D eigenvalue weighted by atomic mass is 16.7. The fourth-order valence-electron chi connectivity index (χ4n) is 5.39. The van der Waals surface area contributed by atoms with E-state index < -0.39 is 47.7 Å². The zero-order valence-electron chi connectivity index (χ0n) is 23.2. The molecule has 1 amide bonds. The minimum Gasteiger partial charge on any atom is -0.449 e. The molecule has 5 rings (SSSR count). The fourth-order valence-corrected chi connectivity index (χ4v) is 5.39. The molecule has 3 N–H and O–H groups in total. The molecule has 1 atom stereocenters. The van der Waals surface area contributed by atoms with Crippen LogP contribution in [0.1, 0.15) is 45.9 Å². The van der Waals surface area contributed by atoms with E-state index in [0.29, 0.717) is 6.42 Å². The lowest BCUT2D eigenvalue weighted by atomic mass is 9.86. The van der Waals surface area contributed by atoms with Crippen LogP contribution in [-0.2, 0) is 13.0 Å². The van der Waals surface area contributed by atoms with E-state index in [2.05, 4.69) is 4.74 Å². The van der Waals surface area contributed by atoms with Crippen molar-refractivity contribution in [1.82, 2.24) is 4.90 Å². The summed E-state index contributed by atoms with van der Waals surface area (Å²) in [6.07, 6.45) is -3.18. The van der Waals surface area contributed by atoms with Crippen molar-refractivity contribution in [2.75, 3.05) is 0 Å². The Kier molecular flexibility index (Phi) is 8.75. The van der Waals surface area contributed by atoms with Crippen LogP contribution in [0.5, 0.6) is 17.2 Å². The maximum absolute atomic E-state index is 14.4. The van der Waals surface area contributed by atoms with Crippen LogP contribution in [0.2, 0.25) is 0 Å². The smallest absolute Gasteiger partial charge is 0.449 e. The molecule has 0 radical (unpaired) electrons. The predicted molar refractivity (Wildman–Crippen MR) is 156 cm³/mol. The molecule has 1 aliphatic carbocycles. The molecule has 0 spiro atoms. The van der Waals surface area contributed by atoms with Gasteiger partial charge in [-0.15, -0.1) is 0 Å². The van der Waals surface area contributed by atoms with Crippen molar-refractivity contribution < 1.29 is 48.7 Å². The number of rotatable bonds is 8. The Bertz CT molecular complexity index is 1700. The fraction of sp³-hybridized carbons (Fsp3) is 0.152. The van der Waals surface area contributed by atoms with Gasteiger partial charge in [-0.2, -0.15) is 0 Å². The van der Waals surface area contributed by atoms with E-state index in [-0.39, 0.29) is 12.1 Å². The van der Waals surface area contributed by atoms with Gasteiger partial charge in [-0.25, -0.2) is 14.4 Å². The van der Waals surface area contributed by atoms with Gasteiger partial charge in [0.1, 0.15) is 0 Å². The summed E-state index contributed by atoms with van der Waals surface area (Å²) in [7, 11) is 0. The number of benzene rings is 4. The summed E-state index contributed by atoms with van der Waals surface area (Å²) in [6.45, 7) is 0.113. The zero-order chi connectivity index (χ0) is 31.2. The molecule has 11 nitrogen and oxygen atoms in total. The minimum atomic E-state index is -1.82. The van der Waals surface area contributed by atoms with Crippen LogP contribution in [0, 0.1) is 0 Å². The molecule has 224 valence electrons. The van der Waals surface area contributed by atoms with Crippen LogP contribution in [0.3, 0.4) is 0 Å². The summed E-state index contributed by atoms with van der Waals surface area (Å²) in [4.78, 5) is 50.2. The average Bonchev–Trinajstić information content (AvgIpc) is 3.00. The van der Waals surface area contributed by atoms with E-state index >= 15 is 0 Å². The largest absolute Gasteiger partial charge is 0.511 e. The zero-order valence-corrected chi connectivity index (χ0v) is 23.2. The van der Waals surface area contributed by atoms with Gasteiger partial charge in [0.15, 0.2) is 17.2 Å². The molecule has 0 heterocycles. The molecular formula is C33H27NO10. The third kappa shape index (κ3) is 6.79. The van der Waals surface area contributed by atoms with Crippen molar-refractivity contribution in [3.63, 3.8) is 0 Å². The van der Waals surface area contributed by atoms with E-state index in [1.807, 2.05) is 78.9 Å². The Labute approximate surface area is 251 Å². The van der Waals surface area contributed by atoms with E-state index in [1.54, 1.807) is 4.90 Å². The number of hydrogen-bond donors (Lipinski definition) is 3. The standard InChI is InChI=1S/C33H27NO10/c35-30(25-17-28(43-32(38)39)29(44-33(40)41)18-27(25)42-31(36)37)34(26-12-6-10-23-9-4-5-11-24(23)26)19-20-13-15-22(16-14-20)21-7-2-1-3-8-21/h1-5,7-9,11,13-18,26H,6,10,12,19H2,(H,36,37)(H,38,39)(H,40,41)/t26-/m0/s1. The van der Waals surface area contributed by atoms with Gasteiger partial charge in [0, 0.05) is 18.7 Å². The number of ether oxygens (including phenoxy) is 3. The van der Waals surface area contributed by atoms with Crippen LogP contribution in [0.25, 0.3) is 11.1 Å². The maximum Gasteiger partial charge on any atom is 0.511 e. The first-order valence-corrected chi connectivity index (χ1v) is 13.6. The molecule has 0 aromatic heterocycles. The second-order valence-electron chi connectivity index (χ2n) is 10.0. The SMILES string of the molecule is O=C(O)Oc1cc(OC(=O)O)c(C(=O)N(Cc2ccc(-c3ccccc3)cc2)[C@H]2CCCc3ccccc32)cc1OC(=O)O. The van der Waals surface area contributed by atoms with Crippen LogP contribution in [0.4, 0.5) is 14.4 Å². The molecule has 44 heavy (non-hydrogen) atoms. The van der Waals surface area contributed by atoms with Gasteiger partial charge in [-0.3, -0.25) is 4.79 Å². The van der Waals surface area contributed by atoms with Crippen LogP contribution in [-0.4, -0.2) is 44.6 Å². The number of hydrogen-bond acceptors (Lipinski definition) is 7. The molecule has 4 aromatic rings. The molecule has 0 aliphatic heterocycles. The van der Waals surface area contributed by atoms with Gasteiger partial charge in [0.25, 0.3) is 5.91 Å². The lowest BCUT2D eigenvalue weighted by Gasteiger charge is -2.36. The molecule has 1 aliphatic rings. The molecule has 0 fully saturated rings. The summed E-state index contributed by atoms with van der Waals surface area (Å²) < 4.78 is 14.2. The number of aryl methyl sites for hydroxylation is 1. The topological polar surface area (TPSA) is 160 Å². The van der Waals surface area contributed by atoms with Crippen molar-refractivity contribution in [3.8, 4) is 28.4 Å². The Morgan fingerprint density at radius 2 is 1.25 bits per heavy atom. The number of carbonyl (C=O) groups is 4. The van der Waals surface area contributed by atoms with Crippen LogP contribution < -0.4 is 14.2 Å². The van der Waals surface area contributed by atoms with Gasteiger partial charge in [0.05, 0.1) is 11.6 Å². The highest BCUT2D eigenvalue weighted by molar-refractivity contribution is 5.99. The lowest BCUT2D eigenvalue weighted by molar-refractivity contribution is 0.0633. The van der Waals surface area contributed by atoms with E-state index in [0.717, 1.165) is 52.8 Å². The van der Waals surface area contributed by atoms with Crippen LogP contribution in [0.15, 0.2) is 91.0 Å². The van der Waals surface area contributed by atoms with Crippen molar-refractivity contribution in [3.05, 3.63) is 113 Å². The number of carbonyl (C=O) groups excluding carboxylic acids is 1. The van der Waals surface area contributed by atoms with Gasteiger partial charge in [0.2, 0.25) is 0 Å². The average molecular weight is 598 g/mol. The summed E-state index contributed by atoms with van der Waals surface area (Å²) in [6, 6.07) is 26.5. The molecule has 0 bridgehead atoms. The molecule has 11 heteroatoms. The summed E-state index contributed by atoms with van der Waals surface area (Å²) >= 11 is 0. The first kappa shape index (κ1) is 29.6. The summed E-state index contributed by atoms with van der Waals surface area (Å²) in [5.74, 6) is -2.53. The van der Waals surface area contributed by atoms with Crippen LogP contribution >= 0.6 is 0 Å². The van der Waals surface area contributed by atoms with E-state index in [1.165, 1.54) is 0 Å². The van der Waals surface area contributed by atoms with Gasteiger partial charge >= 0.3 is 18.5 Å². The third-order valence-corrected chi connectivity index (χ3v) is 7.26. The Morgan fingerprint density at radius 3 is 1.91 bits per heavy atom. The first-order valence-electron chi connectivity index (χ1n) is 13.6. The summed E-state index contributed by atoms with van der Waals surface area (Å²) in [5.41, 5.74) is 4.44. The predicted octanol–water partition coefficient (Wildman–Crippen LogP) is 7.24. The van der Waals surface area contributed by atoms with Gasteiger partial charge in [-0.05, 0) is 47.1 Å². The number of fused-ring (bicyclic) bond motifs is 1. The molecular weight excluding hydrogens is 570 g/mol. The first-order chi connectivity index (χ1) is 21.2. The normalized spacial score (nSPS) is 13.7. The Morgan fingerprint density at radius 1 is 0.682 bits per heavy atom. The highest BCUT2D eigenvalue weighted by Crippen LogP contribution is 2.40. The molecule has 0 unspecified atom stereocenters. The molecule has 4 aromatic carbocycles. The number of amides is 1. The van der Waals surface area contributed by atoms with Crippen molar-refractivity contribution >= 4 is 24.4 Å². The second-order valence-corrected chi connectivity index (χ2v) is 10.0. The maximum atomic E-state index is 14.4. The van der Waals surface area contributed by atoms with Gasteiger partial charge in [-0.1, -0.05) is 78.9 Å². The third-order valence-electron chi connectivity index (χ3n) is 7.26. The van der Waals surface area contributed by atoms with Gasteiger partial charge < -0.3 is 34.4 Å². The number of nitrogens with zero attached hydrogens (tertiary/aromatic N) is 1. The Balaban J connectivity index is 1.60. The summed E-state index contributed by atoms with van der Waals surface area (Å²) in [5, 5.41) is 27.8.